The number of hydrogen-bond donors (Lipinski definition) is 2. The molecule has 140 valence electrons. The van der Waals surface area contributed by atoms with Gasteiger partial charge in [0.15, 0.2) is 5.96 Å². The lowest BCUT2D eigenvalue weighted by atomic mass is 10.1. The second kappa shape index (κ2) is 8.64. The molecule has 0 fully saturated rings. The molecule has 2 aromatic carbocycles. The highest BCUT2D eigenvalue weighted by Gasteiger charge is 2.10. The Hall–Kier alpha value is -2.93. The second-order valence-corrected chi connectivity index (χ2v) is 6.32. The summed E-state index contributed by atoms with van der Waals surface area (Å²) in [4.78, 5) is 8.49. The van der Waals surface area contributed by atoms with Gasteiger partial charge >= 0.3 is 0 Å². The van der Waals surface area contributed by atoms with Gasteiger partial charge in [0.25, 0.3) is 0 Å². The minimum Gasteiger partial charge on any atom is -0.352 e. The molecule has 1 heterocycles. The van der Waals surface area contributed by atoms with Gasteiger partial charge in [-0.25, -0.2) is 4.39 Å². The number of nitrogens with zero attached hydrogens (tertiary/aromatic N) is 3. The van der Waals surface area contributed by atoms with Gasteiger partial charge in [-0.3, -0.25) is 4.99 Å². The zero-order chi connectivity index (χ0) is 19.2. The predicted molar refractivity (Wildman–Crippen MR) is 103 cm³/mol. The summed E-state index contributed by atoms with van der Waals surface area (Å²) in [6, 6.07) is 12.2. The second-order valence-electron chi connectivity index (χ2n) is 5.88. The Morgan fingerprint density at radius 1 is 1.19 bits per heavy atom. The van der Waals surface area contributed by atoms with E-state index in [2.05, 4.69) is 25.8 Å². The number of aryl methyl sites for hydroxylation is 1. The van der Waals surface area contributed by atoms with E-state index < -0.39 is 0 Å². The number of aliphatic imine (C=N–C) groups is 1. The normalized spacial score (nSPS) is 11.5. The molecular formula is C19H19ClFN5O. The molecule has 0 atom stereocenters. The summed E-state index contributed by atoms with van der Waals surface area (Å²) in [7, 11) is 1.66. The average molecular weight is 388 g/mol. The molecule has 0 amide bonds. The number of halogens is 2. The van der Waals surface area contributed by atoms with Crippen LogP contribution < -0.4 is 10.6 Å². The lowest BCUT2D eigenvalue weighted by Gasteiger charge is -2.11. The van der Waals surface area contributed by atoms with Crippen LogP contribution in [0.25, 0.3) is 11.4 Å². The molecule has 0 aliphatic heterocycles. The van der Waals surface area contributed by atoms with Crippen molar-refractivity contribution in [2.75, 3.05) is 7.05 Å². The predicted octanol–water partition coefficient (Wildman–Crippen LogP) is 3.70. The van der Waals surface area contributed by atoms with Crippen LogP contribution in [0.1, 0.15) is 17.0 Å². The molecule has 2 N–H and O–H groups in total. The van der Waals surface area contributed by atoms with Crippen molar-refractivity contribution in [1.82, 2.24) is 20.8 Å². The first-order valence-electron chi connectivity index (χ1n) is 8.33. The van der Waals surface area contributed by atoms with E-state index in [0.717, 1.165) is 11.1 Å². The fraction of sp³-hybridized carbons (Fsp3) is 0.211. The third-order valence-electron chi connectivity index (χ3n) is 3.86. The molecule has 6 nitrogen and oxygen atoms in total. The molecule has 3 aromatic rings. The van der Waals surface area contributed by atoms with Crippen molar-refractivity contribution in [1.29, 1.82) is 0 Å². The van der Waals surface area contributed by atoms with Gasteiger partial charge in [0.05, 0.1) is 6.54 Å². The molecular weight excluding hydrogens is 369 g/mol. The molecule has 0 bridgehead atoms. The van der Waals surface area contributed by atoms with Gasteiger partial charge < -0.3 is 15.2 Å². The topological polar surface area (TPSA) is 75.3 Å². The van der Waals surface area contributed by atoms with Gasteiger partial charge in [0.1, 0.15) is 5.82 Å². The summed E-state index contributed by atoms with van der Waals surface area (Å²) < 4.78 is 18.6. The number of guanidine groups is 1. The SMILES string of the molecule is CN=C(NCc1ccc(F)c(C)c1)NCc1nc(-c2cccc(Cl)c2)no1. The first-order chi connectivity index (χ1) is 13.0. The van der Waals surface area contributed by atoms with Crippen LogP contribution in [0.2, 0.25) is 5.02 Å². The quantitative estimate of drug-likeness (QED) is 0.515. The van der Waals surface area contributed by atoms with E-state index in [1.807, 2.05) is 12.1 Å². The van der Waals surface area contributed by atoms with Gasteiger partial charge in [0, 0.05) is 24.2 Å². The number of aromatic nitrogens is 2. The number of nitrogens with one attached hydrogen (secondary N) is 2. The minimum atomic E-state index is -0.215. The van der Waals surface area contributed by atoms with Crippen molar-refractivity contribution in [3.05, 3.63) is 70.3 Å². The lowest BCUT2D eigenvalue weighted by Crippen LogP contribution is -2.36. The molecule has 0 radical (unpaired) electrons. The van der Waals surface area contributed by atoms with E-state index in [-0.39, 0.29) is 5.82 Å². The standard InChI is InChI=1S/C19H19ClFN5O/c1-12-8-13(6-7-16(12)21)10-23-19(22-2)24-11-17-25-18(26-27-17)14-4-3-5-15(20)9-14/h3-9H,10-11H2,1-2H3,(H2,22,23,24). The smallest absolute Gasteiger partial charge is 0.246 e. The molecule has 0 saturated carbocycles. The third kappa shape index (κ3) is 5.04. The number of benzene rings is 2. The van der Waals surface area contributed by atoms with Crippen molar-refractivity contribution in [2.45, 2.75) is 20.0 Å². The van der Waals surface area contributed by atoms with Crippen LogP contribution in [0.5, 0.6) is 0 Å². The average Bonchev–Trinajstić information content (AvgIpc) is 3.14. The summed E-state index contributed by atoms with van der Waals surface area (Å²) in [6.07, 6.45) is 0. The van der Waals surface area contributed by atoms with Crippen LogP contribution in [0.4, 0.5) is 4.39 Å². The van der Waals surface area contributed by atoms with Gasteiger partial charge in [0.2, 0.25) is 11.7 Å². The Bertz CT molecular complexity index is 957. The van der Waals surface area contributed by atoms with Gasteiger partial charge in [-0.2, -0.15) is 4.98 Å². The summed E-state index contributed by atoms with van der Waals surface area (Å²) in [5, 5.41) is 10.8. The van der Waals surface area contributed by atoms with E-state index in [4.69, 9.17) is 16.1 Å². The molecule has 0 spiro atoms. The number of hydrogen-bond acceptors (Lipinski definition) is 4. The summed E-state index contributed by atoms with van der Waals surface area (Å²) in [6.45, 7) is 2.56. The molecule has 3 rings (SSSR count). The van der Waals surface area contributed by atoms with E-state index in [9.17, 15) is 4.39 Å². The van der Waals surface area contributed by atoms with E-state index in [0.29, 0.717) is 41.4 Å². The molecule has 8 heteroatoms. The van der Waals surface area contributed by atoms with Gasteiger partial charge in [-0.1, -0.05) is 41.0 Å². The molecule has 0 aliphatic carbocycles. The first-order valence-corrected chi connectivity index (χ1v) is 8.71. The third-order valence-corrected chi connectivity index (χ3v) is 4.10. The Morgan fingerprint density at radius 2 is 2.00 bits per heavy atom. The van der Waals surface area contributed by atoms with Crippen LogP contribution in [0.15, 0.2) is 52.0 Å². The van der Waals surface area contributed by atoms with Crippen molar-refractivity contribution in [3.63, 3.8) is 0 Å². The van der Waals surface area contributed by atoms with Crippen molar-refractivity contribution in [2.24, 2.45) is 4.99 Å². The van der Waals surface area contributed by atoms with Crippen LogP contribution >= 0.6 is 11.6 Å². The van der Waals surface area contributed by atoms with E-state index in [1.165, 1.54) is 6.07 Å². The zero-order valence-corrected chi connectivity index (χ0v) is 15.7. The maximum atomic E-state index is 13.3. The summed E-state index contributed by atoms with van der Waals surface area (Å²) >= 11 is 5.98. The first kappa shape index (κ1) is 18.8. The van der Waals surface area contributed by atoms with Crippen LogP contribution in [-0.2, 0) is 13.1 Å². The largest absolute Gasteiger partial charge is 0.352 e. The summed E-state index contributed by atoms with van der Waals surface area (Å²) in [5.41, 5.74) is 2.35. The van der Waals surface area contributed by atoms with Gasteiger partial charge in [-0.15, -0.1) is 0 Å². The lowest BCUT2D eigenvalue weighted by molar-refractivity contribution is 0.375. The highest BCUT2D eigenvalue weighted by molar-refractivity contribution is 6.30. The minimum absolute atomic E-state index is 0.215. The van der Waals surface area contributed by atoms with Crippen molar-refractivity contribution in [3.8, 4) is 11.4 Å². The molecule has 1 aromatic heterocycles. The van der Waals surface area contributed by atoms with Crippen LogP contribution in [0.3, 0.4) is 0 Å². The fourth-order valence-electron chi connectivity index (χ4n) is 2.45. The van der Waals surface area contributed by atoms with Crippen molar-refractivity contribution >= 4 is 17.6 Å². The molecule has 0 saturated heterocycles. The maximum Gasteiger partial charge on any atom is 0.246 e. The Kier molecular flexibility index (Phi) is 6.03. The monoisotopic (exact) mass is 387 g/mol. The Morgan fingerprint density at radius 3 is 2.74 bits per heavy atom. The highest BCUT2D eigenvalue weighted by atomic mass is 35.5. The van der Waals surface area contributed by atoms with Crippen molar-refractivity contribution < 1.29 is 8.91 Å². The van der Waals surface area contributed by atoms with E-state index >= 15 is 0 Å². The Balaban J connectivity index is 1.56. The molecule has 0 unspecified atom stereocenters. The Labute approximate surface area is 161 Å². The number of rotatable bonds is 5. The highest BCUT2D eigenvalue weighted by Crippen LogP contribution is 2.19. The fourth-order valence-corrected chi connectivity index (χ4v) is 2.64. The molecule has 27 heavy (non-hydrogen) atoms. The van der Waals surface area contributed by atoms with E-state index in [1.54, 1.807) is 38.2 Å². The maximum absolute atomic E-state index is 13.3. The zero-order valence-electron chi connectivity index (χ0n) is 15.0. The van der Waals surface area contributed by atoms with Crippen LogP contribution in [-0.4, -0.2) is 23.1 Å². The summed E-state index contributed by atoms with van der Waals surface area (Å²) in [5.74, 6) is 1.25. The van der Waals surface area contributed by atoms with Gasteiger partial charge in [-0.05, 0) is 36.2 Å². The molecule has 0 aliphatic rings. The van der Waals surface area contributed by atoms with Crippen LogP contribution in [0, 0.1) is 12.7 Å².